The third-order valence-electron chi connectivity index (χ3n) is 2.90. The fourth-order valence-corrected chi connectivity index (χ4v) is 2.09. The molecule has 0 bridgehead atoms. The van der Waals surface area contributed by atoms with Gasteiger partial charge in [-0.25, -0.2) is 4.79 Å². The molecule has 0 heterocycles. The van der Waals surface area contributed by atoms with E-state index in [0.29, 0.717) is 0 Å². The number of rotatable bonds is 3. The third-order valence-corrected chi connectivity index (χ3v) is 2.90. The maximum absolute atomic E-state index is 12.9. The van der Waals surface area contributed by atoms with Crippen molar-refractivity contribution < 1.29 is 28.5 Å². The minimum atomic E-state index is -1.86. The van der Waals surface area contributed by atoms with Crippen LogP contribution in [0.4, 0.5) is 13.8 Å². The van der Waals surface area contributed by atoms with Gasteiger partial charge in [-0.15, -0.1) is 0 Å². The molecule has 1 aliphatic rings. The molecule has 18 heavy (non-hydrogen) atoms. The van der Waals surface area contributed by atoms with Gasteiger partial charge in [-0.1, -0.05) is 8.96 Å². The molecule has 2 N–H and O–H groups in total. The van der Waals surface area contributed by atoms with Gasteiger partial charge in [-0.3, -0.25) is 9.59 Å². The Bertz CT molecular complexity index is 358. The summed E-state index contributed by atoms with van der Waals surface area (Å²) in [4.78, 5) is 33.5. The first kappa shape index (κ1) is 14.1. The Labute approximate surface area is 101 Å². The van der Waals surface area contributed by atoms with E-state index in [1.165, 1.54) is 0 Å². The lowest BCUT2D eigenvalue weighted by Gasteiger charge is -2.44. The minimum Gasteiger partial charge on any atom is -0.465 e. The summed E-state index contributed by atoms with van der Waals surface area (Å²) in [6, 6.07) is -0.671. The van der Waals surface area contributed by atoms with Crippen LogP contribution in [-0.4, -0.2) is 53.4 Å². The van der Waals surface area contributed by atoms with Crippen molar-refractivity contribution in [2.45, 2.75) is 18.9 Å². The first-order valence-electron chi connectivity index (χ1n) is 5.08. The van der Waals surface area contributed by atoms with Crippen molar-refractivity contribution in [3.63, 3.8) is 0 Å². The fourth-order valence-electron chi connectivity index (χ4n) is 2.09. The Morgan fingerprint density at radius 2 is 1.56 bits per heavy atom. The van der Waals surface area contributed by atoms with Crippen LogP contribution in [0.5, 0.6) is 0 Å². The van der Waals surface area contributed by atoms with E-state index in [1.807, 2.05) is 0 Å². The van der Waals surface area contributed by atoms with Gasteiger partial charge in [0.05, 0.1) is 0 Å². The quantitative estimate of drug-likeness (QED) is 0.559. The van der Waals surface area contributed by atoms with Gasteiger partial charge in [-0.05, 0) is 12.8 Å². The zero-order chi connectivity index (χ0) is 14.1. The van der Waals surface area contributed by atoms with Gasteiger partial charge >= 0.3 is 6.09 Å². The number of carbonyl (C=O) groups excluding carboxylic acids is 2. The smallest absolute Gasteiger partial charge is 0.404 e. The Hall–Kier alpha value is -1.93. The van der Waals surface area contributed by atoms with Crippen LogP contribution in [-0.2, 0) is 9.59 Å². The van der Waals surface area contributed by atoms with Gasteiger partial charge in [0.25, 0.3) is 11.8 Å². The molecule has 0 aliphatic heterocycles. The van der Waals surface area contributed by atoms with Crippen molar-refractivity contribution in [3.8, 4) is 0 Å². The van der Waals surface area contributed by atoms with Crippen molar-refractivity contribution in [3.05, 3.63) is 0 Å². The van der Waals surface area contributed by atoms with Gasteiger partial charge in [-0.2, -0.15) is 10.2 Å². The summed E-state index contributed by atoms with van der Waals surface area (Å²) >= 11 is 0. The molecular weight excluding hydrogens is 252 g/mol. The number of carbonyl (C=O) groups is 3. The molecule has 9 heteroatoms. The Kier molecular flexibility index (Phi) is 3.73. The summed E-state index contributed by atoms with van der Waals surface area (Å²) in [6.07, 6.45) is -1.85. The maximum Gasteiger partial charge on any atom is 0.404 e. The third kappa shape index (κ3) is 2.34. The number of amides is 3. The van der Waals surface area contributed by atoms with Gasteiger partial charge in [0.2, 0.25) is 0 Å². The average Bonchev–Trinajstić information content (AvgIpc) is 2.20. The van der Waals surface area contributed by atoms with E-state index in [2.05, 4.69) is 5.32 Å². The van der Waals surface area contributed by atoms with Gasteiger partial charge in [0.15, 0.2) is 0 Å². The van der Waals surface area contributed by atoms with E-state index in [0.717, 1.165) is 14.1 Å². The van der Waals surface area contributed by atoms with Crippen LogP contribution in [0.15, 0.2) is 0 Å². The van der Waals surface area contributed by atoms with Gasteiger partial charge in [0, 0.05) is 20.1 Å². The number of nitrogens with one attached hydrogen (secondary N) is 1. The summed E-state index contributed by atoms with van der Waals surface area (Å²) in [6.45, 7) is 0. The van der Waals surface area contributed by atoms with Gasteiger partial charge in [0.1, 0.15) is 5.41 Å². The number of hydrogen-bond acceptors (Lipinski definition) is 3. The summed E-state index contributed by atoms with van der Waals surface area (Å²) in [5.41, 5.74) is -1.86. The van der Waals surface area contributed by atoms with E-state index >= 15 is 0 Å². The molecule has 0 radical (unpaired) electrons. The van der Waals surface area contributed by atoms with Crippen LogP contribution in [0.1, 0.15) is 12.8 Å². The van der Waals surface area contributed by atoms with Crippen LogP contribution in [0, 0.1) is 5.41 Å². The molecule has 3 amide bonds. The number of halogens is 2. The van der Waals surface area contributed by atoms with Crippen molar-refractivity contribution in [2.75, 3.05) is 14.1 Å². The maximum atomic E-state index is 12.9. The molecule has 0 aromatic heterocycles. The highest BCUT2D eigenvalue weighted by Gasteiger charge is 2.59. The highest BCUT2D eigenvalue weighted by Crippen LogP contribution is 2.44. The Balaban J connectivity index is 2.85. The van der Waals surface area contributed by atoms with Crippen LogP contribution in [0.3, 0.4) is 0 Å². The van der Waals surface area contributed by atoms with Crippen LogP contribution in [0.25, 0.3) is 0 Å². The fraction of sp³-hybridized carbons (Fsp3) is 0.667. The Morgan fingerprint density at radius 3 is 1.83 bits per heavy atom. The van der Waals surface area contributed by atoms with Crippen LogP contribution in [0.2, 0.25) is 0 Å². The second-order valence-electron chi connectivity index (χ2n) is 4.20. The zero-order valence-corrected chi connectivity index (χ0v) is 9.81. The first-order chi connectivity index (χ1) is 8.20. The molecule has 102 valence electrons. The summed E-state index contributed by atoms with van der Waals surface area (Å²) < 4.78 is 25.8. The van der Waals surface area contributed by atoms with Gasteiger partial charge < -0.3 is 10.4 Å². The van der Waals surface area contributed by atoms with Crippen molar-refractivity contribution in [1.82, 2.24) is 15.6 Å². The van der Waals surface area contributed by atoms with E-state index in [-0.39, 0.29) is 23.1 Å². The zero-order valence-electron chi connectivity index (χ0n) is 9.81. The second-order valence-corrected chi connectivity index (χ2v) is 4.20. The summed E-state index contributed by atoms with van der Waals surface area (Å²) in [7, 11) is 1.60. The molecule has 1 aliphatic carbocycles. The van der Waals surface area contributed by atoms with E-state index in [9.17, 15) is 23.3 Å². The first-order valence-corrected chi connectivity index (χ1v) is 5.08. The average molecular weight is 265 g/mol. The SMILES string of the molecule is CN(F)C(=O)C1(C(=O)N(C)F)CC(NC(=O)O)C1. The molecule has 0 aromatic carbocycles. The largest absolute Gasteiger partial charge is 0.465 e. The molecule has 0 saturated heterocycles. The molecule has 0 aromatic rings. The molecule has 7 nitrogen and oxygen atoms in total. The minimum absolute atomic E-state index is 0.264. The normalized spacial score (nSPS) is 17.6. The predicted octanol–water partition coefficient (Wildman–Crippen LogP) is 0.0886. The lowest BCUT2D eigenvalue weighted by Crippen LogP contribution is -2.62. The summed E-state index contributed by atoms with van der Waals surface area (Å²) in [5.74, 6) is -2.36. The molecule has 1 rings (SSSR count). The lowest BCUT2D eigenvalue weighted by atomic mass is 9.64. The highest BCUT2D eigenvalue weighted by atomic mass is 19.2. The molecule has 1 saturated carbocycles. The van der Waals surface area contributed by atoms with E-state index < -0.39 is 29.4 Å². The second kappa shape index (κ2) is 4.75. The summed E-state index contributed by atoms with van der Waals surface area (Å²) in [5, 5.41) is 9.93. The predicted molar refractivity (Wildman–Crippen MR) is 54.4 cm³/mol. The number of carboxylic acid groups (broad SMARTS) is 1. The van der Waals surface area contributed by atoms with Crippen LogP contribution < -0.4 is 5.32 Å². The van der Waals surface area contributed by atoms with Crippen molar-refractivity contribution in [1.29, 1.82) is 0 Å². The number of nitrogens with zero attached hydrogens (tertiary/aromatic N) is 2. The molecular formula is C9H13F2N3O4. The van der Waals surface area contributed by atoms with E-state index in [4.69, 9.17) is 5.11 Å². The topological polar surface area (TPSA) is 90.0 Å². The monoisotopic (exact) mass is 265 g/mol. The highest BCUT2D eigenvalue weighted by molar-refractivity contribution is 6.05. The van der Waals surface area contributed by atoms with Crippen molar-refractivity contribution in [2.24, 2.45) is 5.41 Å². The number of hydrogen-bond donors (Lipinski definition) is 2. The van der Waals surface area contributed by atoms with E-state index in [1.54, 1.807) is 0 Å². The lowest BCUT2D eigenvalue weighted by molar-refractivity contribution is -0.179. The van der Waals surface area contributed by atoms with Crippen LogP contribution >= 0.6 is 0 Å². The van der Waals surface area contributed by atoms with Crippen molar-refractivity contribution >= 4 is 17.9 Å². The molecule has 0 unspecified atom stereocenters. The standard InChI is InChI=1S/C9H13F2N3O4/c1-13(10)6(15)9(7(16)14(2)11)3-5(4-9)12-8(17)18/h5,12H,3-4H2,1-2H3,(H,17,18). The molecule has 1 fully saturated rings. The molecule has 0 atom stereocenters. The Morgan fingerprint density at radius 1 is 1.17 bits per heavy atom. The molecule has 0 spiro atoms.